The molecule has 1 aliphatic heterocycles. The Morgan fingerprint density at radius 1 is 1.17 bits per heavy atom. The van der Waals surface area contributed by atoms with E-state index >= 15 is 0 Å². The first kappa shape index (κ1) is 13.3. The van der Waals surface area contributed by atoms with Gasteiger partial charge in [0.1, 0.15) is 12.4 Å². The number of hydrogen-bond acceptors (Lipinski definition) is 4. The van der Waals surface area contributed by atoms with Gasteiger partial charge >= 0.3 is 0 Å². The zero-order chi connectivity index (χ0) is 12.8. The maximum Gasteiger partial charge on any atom is 0.217 e. The highest BCUT2D eigenvalue weighted by Gasteiger charge is 2.23. The number of nitrogens with one attached hydrogen (secondary N) is 1. The molecule has 18 heavy (non-hydrogen) atoms. The number of para-hydroxylation sites is 1. The fourth-order valence-corrected chi connectivity index (χ4v) is 3.12. The van der Waals surface area contributed by atoms with Gasteiger partial charge in [-0.3, -0.25) is 0 Å². The number of benzene rings is 1. The summed E-state index contributed by atoms with van der Waals surface area (Å²) in [6, 6.07) is 9.25. The molecule has 0 aliphatic carbocycles. The lowest BCUT2D eigenvalue weighted by Crippen LogP contribution is -2.47. The minimum absolute atomic E-state index is 0.0297. The molecule has 5 nitrogen and oxygen atoms in total. The number of nitrogens with zero attached hydrogens (tertiary/aromatic N) is 1. The summed E-state index contributed by atoms with van der Waals surface area (Å²) in [6.07, 6.45) is 0. The number of piperazine rings is 1. The van der Waals surface area contributed by atoms with Gasteiger partial charge in [0.25, 0.3) is 0 Å². The van der Waals surface area contributed by atoms with E-state index in [9.17, 15) is 8.42 Å². The third-order valence-electron chi connectivity index (χ3n) is 2.82. The third-order valence-corrected chi connectivity index (χ3v) is 4.66. The minimum atomic E-state index is -3.19. The predicted octanol–water partition coefficient (Wildman–Crippen LogP) is 0.300. The molecule has 0 spiro atoms. The highest BCUT2D eigenvalue weighted by atomic mass is 32.2. The molecule has 1 heterocycles. The first-order chi connectivity index (χ1) is 8.68. The smallest absolute Gasteiger partial charge is 0.217 e. The summed E-state index contributed by atoms with van der Waals surface area (Å²) in [4.78, 5) is 0. The van der Waals surface area contributed by atoms with Gasteiger partial charge in [-0.25, -0.2) is 8.42 Å². The SMILES string of the molecule is O=S(=O)(CCOc1ccccc1)N1CCNCC1. The Kier molecular flexibility index (Phi) is 4.57. The van der Waals surface area contributed by atoms with Crippen molar-refractivity contribution in [2.24, 2.45) is 0 Å². The van der Waals surface area contributed by atoms with Crippen molar-refractivity contribution in [1.82, 2.24) is 9.62 Å². The molecule has 1 aromatic rings. The molecule has 1 saturated heterocycles. The van der Waals surface area contributed by atoms with Crippen molar-refractivity contribution < 1.29 is 13.2 Å². The van der Waals surface area contributed by atoms with Crippen molar-refractivity contribution in [3.05, 3.63) is 30.3 Å². The molecule has 0 bridgehead atoms. The van der Waals surface area contributed by atoms with E-state index in [2.05, 4.69) is 5.32 Å². The monoisotopic (exact) mass is 270 g/mol. The van der Waals surface area contributed by atoms with Crippen LogP contribution in [0.3, 0.4) is 0 Å². The highest BCUT2D eigenvalue weighted by Crippen LogP contribution is 2.09. The molecule has 0 radical (unpaired) electrons. The van der Waals surface area contributed by atoms with Crippen LogP contribution in [0, 0.1) is 0 Å². The minimum Gasteiger partial charge on any atom is -0.492 e. The summed E-state index contributed by atoms with van der Waals surface area (Å²) in [5.74, 6) is 0.732. The van der Waals surface area contributed by atoms with E-state index in [-0.39, 0.29) is 12.4 Å². The van der Waals surface area contributed by atoms with Gasteiger partial charge in [0.05, 0.1) is 5.75 Å². The van der Waals surface area contributed by atoms with Crippen LogP contribution in [-0.4, -0.2) is 51.3 Å². The molecule has 0 saturated carbocycles. The molecule has 6 heteroatoms. The van der Waals surface area contributed by atoms with Crippen molar-refractivity contribution >= 4 is 10.0 Å². The van der Waals surface area contributed by atoms with Gasteiger partial charge in [0.2, 0.25) is 10.0 Å². The Labute approximate surface area is 108 Å². The van der Waals surface area contributed by atoms with Gasteiger partial charge < -0.3 is 10.1 Å². The first-order valence-corrected chi connectivity index (χ1v) is 7.66. The molecule has 0 unspecified atom stereocenters. The van der Waals surface area contributed by atoms with Crippen LogP contribution < -0.4 is 10.1 Å². The summed E-state index contributed by atoms with van der Waals surface area (Å²) in [5.41, 5.74) is 0. The lowest BCUT2D eigenvalue weighted by atomic mass is 10.3. The van der Waals surface area contributed by atoms with E-state index in [1.807, 2.05) is 30.3 Å². The zero-order valence-corrected chi connectivity index (χ0v) is 11.0. The molecule has 0 aromatic heterocycles. The van der Waals surface area contributed by atoms with Crippen molar-refractivity contribution in [3.63, 3.8) is 0 Å². The lowest BCUT2D eigenvalue weighted by molar-refractivity contribution is 0.326. The van der Waals surface area contributed by atoms with Crippen LogP contribution in [0.2, 0.25) is 0 Å². The maximum atomic E-state index is 12.0. The summed E-state index contributed by atoms with van der Waals surface area (Å²) >= 11 is 0. The molecule has 1 fully saturated rings. The largest absolute Gasteiger partial charge is 0.492 e. The highest BCUT2D eigenvalue weighted by molar-refractivity contribution is 7.89. The molecule has 100 valence electrons. The lowest BCUT2D eigenvalue weighted by Gasteiger charge is -2.26. The average molecular weight is 270 g/mol. The van der Waals surface area contributed by atoms with Crippen LogP contribution in [0.4, 0.5) is 0 Å². The van der Waals surface area contributed by atoms with Crippen molar-refractivity contribution in [3.8, 4) is 5.75 Å². The Hall–Kier alpha value is -1.11. The average Bonchev–Trinajstić information content (AvgIpc) is 2.41. The summed E-state index contributed by atoms with van der Waals surface area (Å²) in [5, 5.41) is 3.13. The molecular formula is C12H18N2O3S. The maximum absolute atomic E-state index is 12.0. The van der Waals surface area contributed by atoms with Crippen LogP contribution in [0.5, 0.6) is 5.75 Å². The van der Waals surface area contributed by atoms with Crippen LogP contribution in [0.15, 0.2) is 30.3 Å². The second-order valence-electron chi connectivity index (χ2n) is 4.13. The molecule has 1 aliphatic rings. The normalized spacial score (nSPS) is 17.6. The van der Waals surface area contributed by atoms with Crippen LogP contribution >= 0.6 is 0 Å². The fourth-order valence-electron chi connectivity index (χ4n) is 1.83. The van der Waals surface area contributed by atoms with Gasteiger partial charge in [-0.15, -0.1) is 0 Å². The number of sulfonamides is 1. The summed E-state index contributed by atoms with van der Waals surface area (Å²) in [6.45, 7) is 2.73. The zero-order valence-electron chi connectivity index (χ0n) is 10.2. The van der Waals surface area contributed by atoms with Gasteiger partial charge in [-0.05, 0) is 12.1 Å². The molecule has 1 aromatic carbocycles. The molecule has 1 N–H and O–H groups in total. The third kappa shape index (κ3) is 3.69. The van der Waals surface area contributed by atoms with E-state index in [0.717, 1.165) is 13.1 Å². The summed E-state index contributed by atoms with van der Waals surface area (Å²) in [7, 11) is -3.19. The first-order valence-electron chi connectivity index (χ1n) is 6.05. The van der Waals surface area contributed by atoms with E-state index < -0.39 is 10.0 Å². The molecule has 2 rings (SSSR count). The summed E-state index contributed by atoms with van der Waals surface area (Å²) < 4.78 is 30.9. The van der Waals surface area contributed by atoms with E-state index in [1.165, 1.54) is 4.31 Å². The van der Waals surface area contributed by atoms with Gasteiger partial charge in [0.15, 0.2) is 0 Å². The fraction of sp³-hybridized carbons (Fsp3) is 0.500. The van der Waals surface area contributed by atoms with Crippen LogP contribution in [-0.2, 0) is 10.0 Å². The molecular weight excluding hydrogens is 252 g/mol. The molecule has 0 atom stereocenters. The van der Waals surface area contributed by atoms with Crippen LogP contribution in [0.1, 0.15) is 0 Å². The Morgan fingerprint density at radius 3 is 2.50 bits per heavy atom. The van der Waals surface area contributed by atoms with Gasteiger partial charge in [0, 0.05) is 26.2 Å². The Morgan fingerprint density at radius 2 is 1.83 bits per heavy atom. The van der Waals surface area contributed by atoms with Crippen molar-refractivity contribution in [2.45, 2.75) is 0 Å². The van der Waals surface area contributed by atoms with E-state index in [0.29, 0.717) is 18.8 Å². The Balaban J connectivity index is 1.82. The van der Waals surface area contributed by atoms with Crippen molar-refractivity contribution in [2.75, 3.05) is 38.5 Å². The van der Waals surface area contributed by atoms with Crippen molar-refractivity contribution in [1.29, 1.82) is 0 Å². The van der Waals surface area contributed by atoms with E-state index in [1.54, 1.807) is 0 Å². The standard InChI is InChI=1S/C12H18N2O3S/c15-18(16,14-8-6-13-7-9-14)11-10-17-12-4-2-1-3-5-12/h1-5,13H,6-11H2. The number of ether oxygens (including phenoxy) is 1. The van der Waals surface area contributed by atoms with Gasteiger partial charge in [-0.2, -0.15) is 4.31 Å². The Bertz CT molecular complexity index is 455. The topological polar surface area (TPSA) is 58.6 Å². The van der Waals surface area contributed by atoms with E-state index in [4.69, 9.17) is 4.74 Å². The number of rotatable bonds is 5. The second kappa shape index (κ2) is 6.17. The molecule has 0 amide bonds. The number of hydrogen-bond donors (Lipinski definition) is 1. The van der Waals surface area contributed by atoms with Gasteiger partial charge in [-0.1, -0.05) is 18.2 Å². The second-order valence-corrected chi connectivity index (χ2v) is 6.22. The predicted molar refractivity (Wildman–Crippen MR) is 70.2 cm³/mol. The quantitative estimate of drug-likeness (QED) is 0.836. The van der Waals surface area contributed by atoms with Crippen LogP contribution in [0.25, 0.3) is 0 Å².